The number of hydrogen-bond acceptors (Lipinski definition) is 3. The molecule has 0 bridgehead atoms. The minimum Gasteiger partial charge on any atom is -0.396 e. The molecule has 1 aliphatic rings. The fraction of sp³-hybridized carbons (Fsp3) is 0.538. The zero-order valence-electron chi connectivity index (χ0n) is 9.67. The van der Waals surface area contributed by atoms with Crippen LogP contribution in [0.1, 0.15) is 12.0 Å². The van der Waals surface area contributed by atoms with Gasteiger partial charge in [0.05, 0.1) is 0 Å². The number of methoxy groups -OCH3 is 1. The molecule has 0 spiro atoms. The quantitative estimate of drug-likeness (QED) is 0.835. The van der Waals surface area contributed by atoms with Gasteiger partial charge in [-0.1, -0.05) is 30.3 Å². The van der Waals surface area contributed by atoms with Crippen molar-refractivity contribution in [3.8, 4) is 0 Å². The summed E-state index contributed by atoms with van der Waals surface area (Å²) in [6, 6.07) is 10.4. The molecule has 1 aromatic carbocycles. The largest absolute Gasteiger partial charge is 0.396 e. The van der Waals surface area contributed by atoms with E-state index in [0.717, 1.165) is 19.5 Å². The fourth-order valence-electron chi connectivity index (χ4n) is 2.32. The Bertz CT molecular complexity index is 315. The van der Waals surface area contributed by atoms with E-state index >= 15 is 0 Å². The highest BCUT2D eigenvalue weighted by molar-refractivity contribution is 5.14. The lowest BCUT2D eigenvalue weighted by Crippen LogP contribution is -2.30. The summed E-state index contributed by atoms with van der Waals surface area (Å²) in [5, 5.41) is 9.18. The minimum absolute atomic E-state index is 0.150. The van der Waals surface area contributed by atoms with Gasteiger partial charge in [0.1, 0.15) is 6.23 Å². The average molecular weight is 221 g/mol. The van der Waals surface area contributed by atoms with Gasteiger partial charge < -0.3 is 9.84 Å². The van der Waals surface area contributed by atoms with E-state index in [4.69, 9.17) is 4.74 Å². The van der Waals surface area contributed by atoms with Crippen molar-refractivity contribution in [2.24, 2.45) is 5.92 Å². The van der Waals surface area contributed by atoms with Gasteiger partial charge in [0.25, 0.3) is 0 Å². The maximum Gasteiger partial charge on any atom is 0.110 e. The van der Waals surface area contributed by atoms with Gasteiger partial charge in [-0.3, -0.25) is 4.90 Å². The van der Waals surface area contributed by atoms with E-state index in [9.17, 15) is 5.11 Å². The summed E-state index contributed by atoms with van der Waals surface area (Å²) in [7, 11) is 1.74. The lowest BCUT2D eigenvalue weighted by Gasteiger charge is -2.22. The van der Waals surface area contributed by atoms with Crippen LogP contribution in [0.4, 0.5) is 0 Å². The fourth-order valence-corrected chi connectivity index (χ4v) is 2.32. The zero-order chi connectivity index (χ0) is 11.4. The topological polar surface area (TPSA) is 32.7 Å². The van der Waals surface area contributed by atoms with E-state index in [1.54, 1.807) is 7.11 Å². The van der Waals surface area contributed by atoms with Crippen molar-refractivity contribution < 1.29 is 9.84 Å². The number of nitrogens with zero attached hydrogens (tertiary/aromatic N) is 1. The number of likely N-dealkylation sites (tertiary alicyclic amines) is 1. The molecular weight excluding hydrogens is 202 g/mol. The Kier molecular flexibility index (Phi) is 3.93. The van der Waals surface area contributed by atoms with E-state index in [2.05, 4.69) is 29.2 Å². The van der Waals surface area contributed by atoms with Crippen molar-refractivity contribution in [2.45, 2.75) is 19.2 Å². The maximum absolute atomic E-state index is 9.18. The molecule has 3 nitrogen and oxygen atoms in total. The predicted octanol–water partition coefficient (Wildman–Crippen LogP) is 1.47. The van der Waals surface area contributed by atoms with Crippen LogP contribution in [0.5, 0.6) is 0 Å². The van der Waals surface area contributed by atoms with Crippen LogP contribution in [0.15, 0.2) is 30.3 Å². The SMILES string of the molecule is COC1CC(CO)CN1Cc1ccccc1. The van der Waals surface area contributed by atoms with Crippen molar-refractivity contribution in [3.63, 3.8) is 0 Å². The van der Waals surface area contributed by atoms with Gasteiger partial charge in [-0.15, -0.1) is 0 Å². The summed E-state index contributed by atoms with van der Waals surface area (Å²) in [6.45, 7) is 2.07. The van der Waals surface area contributed by atoms with Crippen LogP contribution in [-0.4, -0.2) is 36.5 Å². The molecule has 16 heavy (non-hydrogen) atoms. The first kappa shape index (κ1) is 11.6. The standard InChI is InChI=1S/C13H19NO2/c1-16-13-7-12(10-15)9-14(13)8-11-5-3-2-4-6-11/h2-6,12-13,15H,7-10H2,1H3. The Morgan fingerprint density at radius 1 is 1.38 bits per heavy atom. The van der Waals surface area contributed by atoms with Crippen molar-refractivity contribution in [1.29, 1.82) is 0 Å². The van der Waals surface area contributed by atoms with Crippen LogP contribution in [0.2, 0.25) is 0 Å². The smallest absolute Gasteiger partial charge is 0.110 e. The summed E-state index contributed by atoms with van der Waals surface area (Å²) in [6.07, 6.45) is 1.08. The molecule has 1 aromatic rings. The van der Waals surface area contributed by atoms with Crippen LogP contribution in [0.25, 0.3) is 0 Å². The van der Waals surface area contributed by atoms with Gasteiger partial charge in [-0.25, -0.2) is 0 Å². The van der Waals surface area contributed by atoms with Gasteiger partial charge in [0.15, 0.2) is 0 Å². The second-order valence-electron chi connectivity index (χ2n) is 4.39. The molecule has 88 valence electrons. The summed E-state index contributed by atoms with van der Waals surface area (Å²) in [5.41, 5.74) is 1.29. The molecule has 1 heterocycles. The number of ether oxygens (including phenoxy) is 1. The van der Waals surface area contributed by atoms with E-state index < -0.39 is 0 Å². The first-order chi connectivity index (χ1) is 7.83. The summed E-state index contributed by atoms with van der Waals surface area (Å²) < 4.78 is 5.44. The molecule has 3 heteroatoms. The van der Waals surface area contributed by atoms with Crippen molar-refractivity contribution in [2.75, 3.05) is 20.3 Å². The van der Waals surface area contributed by atoms with Crippen LogP contribution in [0.3, 0.4) is 0 Å². The maximum atomic E-state index is 9.18. The van der Waals surface area contributed by atoms with E-state index in [1.165, 1.54) is 5.56 Å². The number of aliphatic hydroxyl groups is 1. The van der Waals surface area contributed by atoms with Crippen molar-refractivity contribution >= 4 is 0 Å². The highest BCUT2D eigenvalue weighted by Crippen LogP contribution is 2.25. The number of benzene rings is 1. The Labute approximate surface area is 96.6 Å². The Hall–Kier alpha value is -0.900. The van der Waals surface area contributed by atoms with Gasteiger partial charge in [0.2, 0.25) is 0 Å². The molecule has 0 amide bonds. The van der Waals surface area contributed by atoms with Crippen LogP contribution < -0.4 is 0 Å². The zero-order valence-corrected chi connectivity index (χ0v) is 9.67. The van der Waals surface area contributed by atoms with Gasteiger partial charge in [-0.2, -0.15) is 0 Å². The van der Waals surface area contributed by atoms with Crippen molar-refractivity contribution in [1.82, 2.24) is 4.90 Å². The third-order valence-electron chi connectivity index (χ3n) is 3.19. The molecule has 0 saturated carbocycles. The number of rotatable bonds is 4. The molecule has 0 radical (unpaired) electrons. The molecule has 1 saturated heterocycles. The third kappa shape index (κ3) is 2.61. The minimum atomic E-state index is 0.150. The molecule has 1 fully saturated rings. The summed E-state index contributed by atoms with van der Waals surface area (Å²) in [5.74, 6) is 0.355. The first-order valence-corrected chi connectivity index (χ1v) is 5.75. The average Bonchev–Trinajstić information content (AvgIpc) is 2.73. The van der Waals surface area contributed by atoms with Gasteiger partial charge >= 0.3 is 0 Å². The predicted molar refractivity (Wildman–Crippen MR) is 62.8 cm³/mol. The molecule has 2 rings (SSSR count). The molecular formula is C13H19NO2. The number of aliphatic hydroxyl groups excluding tert-OH is 1. The van der Waals surface area contributed by atoms with Crippen molar-refractivity contribution in [3.05, 3.63) is 35.9 Å². The highest BCUT2D eigenvalue weighted by Gasteiger charge is 2.31. The normalized spacial score (nSPS) is 26.1. The van der Waals surface area contributed by atoms with Gasteiger partial charge in [-0.05, 0) is 17.9 Å². The Morgan fingerprint density at radius 3 is 2.75 bits per heavy atom. The third-order valence-corrected chi connectivity index (χ3v) is 3.19. The second-order valence-corrected chi connectivity index (χ2v) is 4.39. The Morgan fingerprint density at radius 2 is 2.12 bits per heavy atom. The lowest BCUT2D eigenvalue weighted by atomic mass is 10.1. The molecule has 2 unspecified atom stereocenters. The monoisotopic (exact) mass is 221 g/mol. The molecule has 0 aliphatic carbocycles. The van der Waals surface area contributed by atoms with Crippen LogP contribution in [-0.2, 0) is 11.3 Å². The molecule has 0 aromatic heterocycles. The summed E-state index contributed by atoms with van der Waals surface area (Å²) in [4.78, 5) is 2.29. The number of hydrogen-bond donors (Lipinski definition) is 1. The lowest BCUT2D eigenvalue weighted by molar-refractivity contribution is -0.00837. The summed E-state index contributed by atoms with van der Waals surface area (Å²) >= 11 is 0. The first-order valence-electron chi connectivity index (χ1n) is 5.75. The van der Waals surface area contributed by atoms with Gasteiger partial charge in [0, 0.05) is 26.8 Å². The Balaban J connectivity index is 1.98. The van der Waals surface area contributed by atoms with Crippen LogP contribution in [0, 0.1) is 5.92 Å². The molecule has 1 aliphatic heterocycles. The second kappa shape index (κ2) is 5.43. The van der Waals surface area contributed by atoms with E-state index in [-0.39, 0.29) is 12.8 Å². The molecule has 2 atom stereocenters. The van der Waals surface area contributed by atoms with E-state index in [0.29, 0.717) is 5.92 Å². The van der Waals surface area contributed by atoms with Crippen LogP contribution >= 0.6 is 0 Å². The highest BCUT2D eigenvalue weighted by atomic mass is 16.5. The van der Waals surface area contributed by atoms with E-state index in [1.807, 2.05) is 6.07 Å². The molecule has 1 N–H and O–H groups in total.